The molecule has 7 heteroatoms. The molecule has 1 aromatic heterocycles. The van der Waals surface area contributed by atoms with E-state index in [4.69, 9.17) is 9.47 Å². The van der Waals surface area contributed by atoms with Crippen molar-refractivity contribution in [2.75, 3.05) is 19.0 Å². The highest BCUT2D eigenvalue weighted by molar-refractivity contribution is 7.13. The van der Waals surface area contributed by atoms with Gasteiger partial charge in [0.2, 0.25) is 0 Å². The van der Waals surface area contributed by atoms with Crippen LogP contribution in [0.2, 0.25) is 0 Å². The number of methoxy groups -OCH3 is 1. The summed E-state index contributed by atoms with van der Waals surface area (Å²) in [4.78, 5) is 28.5. The van der Waals surface area contributed by atoms with Crippen LogP contribution < -0.4 is 10.1 Å². The number of benzene rings is 2. The SMILES string of the molecule is COc1ccc(-c2nc(C(=O)OCC(=O)Nc3ccc(C(C)C)cc3)cs2)cc1. The van der Waals surface area contributed by atoms with Gasteiger partial charge >= 0.3 is 5.97 Å². The second-order valence-electron chi connectivity index (χ2n) is 6.67. The lowest BCUT2D eigenvalue weighted by atomic mass is 10.0. The molecule has 0 saturated carbocycles. The summed E-state index contributed by atoms with van der Waals surface area (Å²) in [5.74, 6) is 0.129. The molecule has 150 valence electrons. The van der Waals surface area contributed by atoms with Gasteiger partial charge in [-0.3, -0.25) is 4.79 Å². The number of ether oxygens (including phenoxy) is 2. The third-order valence-corrected chi connectivity index (χ3v) is 5.14. The van der Waals surface area contributed by atoms with Gasteiger partial charge in [-0.25, -0.2) is 9.78 Å². The van der Waals surface area contributed by atoms with Gasteiger partial charge in [-0.2, -0.15) is 0 Å². The van der Waals surface area contributed by atoms with E-state index in [1.165, 1.54) is 16.9 Å². The Morgan fingerprint density at radius 2 is 1.76 bits per heavy atom. The zero-order valence-electron chi connectivity index (χ0n) is 16.5. The van der Waals surface area contributed by atoms with Gasteiger partial charge in [-0.1, -0.05) is 26.0 Å². The van der Waals surface area contributed by atoms with Crippen molar-refractivity contribution in [1.82, 2.24) is 4.98 Å². The van der Waals surface area contributed by atoms with Crippen LogP contribution in [0.25, 0.3) is 10.6 Å². The van der Waals surface area contributed by atoms with Gasteiger partial charge < -0.3 is 14.8 Å². The first kappa shape index (κ1) is 20.5. The number of aromatic nitrogens is 1. The van der Waals surface area contributed by atoms with Crippen molar-refractivity contribution in [1.29, 1.82) is 0 Å². The van der Waals surface area contributed by atoms with Gasteiger partial charge in [0.1, 0.15) is 10.8 Å². The minimum absolute atomic E-state index is 0.176. The molecular weight excluding hydrogens is 388 g/mol. The van der Waals surface area contributed by atoms with E-state index < -0.39 is 11.9 Å². The Labute approximate surface area is 173 Å². The van der Waals surface area contributed by atoms with Crippen LogP contribution in [0, 0.1) is 0 Å². The Kier molecular flexibility index (Phi) is 6.61. The largest absolute Gasteiger partial charge is 0.497 e. The fourth-order valence-electron chi connectivity index (χ4n) is 2.59. The highest BCUT2D eigenvalue weighted by Crippen LogP contribution is 2.26. The number of hydrogen-bond donors (Lipinski definition) is 1. The molecule has 0 radical (unpaired) electrons. The lowest BCUT2D eigenvalue weighted by Crippen LogP contribution is -2.21. The lowest BCUT2D eigenvalue weighted by Gasteiger charge is -2.08. The maximum absolute atomic E-state index is 12.2. The average molecular weight is 410 g/mol. The molecule has 0 bridgehead atoms. The van der Waals surface area contributed by atoms with E-state index in [1.54, 1.807) is 12.5 Å². The maximum atomic E-state index is 12.2. The molecule has 0 aliphatic rings. The molecule has 0 unspecified atom stereocenters. The molecule has 0 fully saturated rings. The third-order valence-electron chi connectivity index (χ3n) is 4.25. The molecule has 0 aliphatic heterocycles. The van der Waals surface area contributed by atoms with Gasteiger partial charge in [0.15, 0.2) is 12.3 Å². The number of thiazole rings is 1. The van der Waals surface area contributed by atoms with Crippen LogP contribution >= 0.6 is 11.3 Å². The maximum Gasteiger partial charge on any atom is 0.358 e. The molecule has 29 heavy (non-hydrogen) atoms. The van der Waals surface area contributed by atoms with Crippen LogP contribution in [0.1, 0.15) is 35.8 Å². The van der Waals surface area contributed by atoms with E-state index in [0.717, 1.165) is 11.3 Å². The number of carbonyl (C=O) groups is 2. The first-order valence-electron chi connectivity index (χ1n) is 9.13. The number of esters is 1. The predicted octanol–water partition coefficient (Wildman–Crippen LogP) is 4.74. The number of nitrogens with one attached hydrogen (secondary N) is 1. The van der Waals surface area contributed by atoms with E-state index >= 15 is 0 Å². The Morgan fingerprint density at radius 3 is 2.38 bits per heavy atom. The zero-order chi connectivity index (χ0) is 20.8. The summed E-state index contributed by atoms with van der Waals surface area (Å²) in [5, 5.41) is 5.02. The molecule has 0 aliphatic carbocycles. The van der Waals surface area contributed by atoms with Gasteiger partial charge in [0, 0.05) is 16.6 Å². The van der Waals surface area contributed by atoms with Crippen LogP contribution in [-0.2, 0) is 9.53 Å². The van der Waals surface area contributed by atoms with Gasteiger partial charge in [0.25, 0.3) is 5.91 Å². The average Bonchev–Trinajstić information content (AvgIpc) is 3.23. The topological polar surface area (TPSA) is 77.5 Å². The van der Waals surface area contributed by atoms with Crippen molar-refractivity contribution in [3.63, 3.8) is 0 Å². The van der Waals surface area contributed by atoms with Crippen LogP contribution in [0.4, 0.5) is 5.69 Å². The van der Waals surface area contributed by atoms with Crippen molar-refractivity contribution in [3.8, 4) is 16.3 Å². The van der Waals surface area contributed by atoms with Crippen molar-refractivity contribution in [3.05, 3.63) is 65.2 Å². The number of amides is 1. The summed E-state index contributed by atoms with van der Waals surface area (Å²) in [6.45, 7) is 3.83. The molecule has 1 amide bonds. The highest BCUT2D eigenvalue weighted by atomic mass is 32.1. The molecule has 2 aromatic carbocycles. The summed E-state index contributed by atoms with van der Waals surface area (Å²) < 4.78 is 10.2. The van der Waals surface area contributed by atoms with Gasteiger partial charge in [-0.15, -0.1) is 11.3 Å². The first-order chi connectivity index (χ1) is 14.0. The van der Waals surface area contributed by atoms with E-state index in [2.05, 4.69) is 24.1 Å². The second-order valence-corrected chi connectivity index (χ2v) is 7.53. The van der Waals surface area contributed by atoms with Crippen LogP contribution in [0.3, 0.4) is 0 Å². The summed E-state index contributed by atoms with van der Waals surface area (Å²) in [7, 11) is 1.60. The van der Waals surface area contributed by atoms with Crippen molar-refractivity contribution in [2.45, 2.75) is 19.8 Å². The standard InChI is InChI=1S/C22H22N2O4S/c1-14(2)15-4-8-17(9-5-15)23-20(25)12-28-22(26)19-13-29-21(24-19)16-6-10-18(27-3)11-7-16/h4-11,13-14H,12H2,1-3H3,(H,23,25). The van der Waals surface area contributed by atoms with Gasteiger partial charge in [0.05, 0.1) is 7.11 Å². The van der Waals surface area contributed by atoms with E-state index in [-0.39, 0.29) is 12.3 Å². The Morgan fingerprint density at radius 1 is 1.07 bits per heavy atom. The molecule has 1 N–H and O–H groups in total. The number of anilines is 1. The van der Waals surface area contributed by atoms with E-state index in [0.29, 0.717) is 16.6 Å². The van der Waals surface area contributed by atoms with E-state index in [9.17, 15) is 9.59 Å². The number of hydrogen-bond acceptors (Lipinski definition) is 6. The molecular formula is C22H22N2O4S. The van der Waals surface area contributed by atoms with Crippen LogP contribution in [0.5, 0.6) is 5.75 Å². The zero-order valence-corrected chi connectivity index (χ0v) is 17.3. The van der Waals surface area contributed by atoms with Gasteiger partial charge in [-0.05, 0) is 47.9 Å². The normalized spacial score (nSPS) is 10.6. The third kappa shape index (κ3) is 5.42. The Hall–Kier alpha value is -3.19. The second kappa shape index (κ2) is 9.34. The predicted molar refractivity (Wildman–Crippen MR) is 114 cm³/mol. The fraction of sp³-hybridized carbons (Fsp3) is 0.227. The number of rotatable bonds is 7. The summed E-state index contributed by atoms with van der Waals surface area (Å²) in [6.07, 6.45) is 0. The molecule has 3 aromatic rings. The van der Waals surface area contributed by atoms with Crippen molar-refractivity contribution < 1.29 is 19.1 Å². The highest BCUT2D eigenvalue weighted by Gasteiger charge is 2.15. The summed E-state index contributed by atoms with van der Waals surface area (Å²) >= 11 is 1.33. The van der Waals surface area contributed by atoms with Crippen molar-refractivity contribution >= 4 is 28.9 Å². The minimum Gasteiger partial charge on any atom is -0.497 e. The molecule has 3 rings (SSSR count). The van der Waals surface area contributed by atoms with Crippen LogP contribution in [0.15, 0.2) is 53.9 Å². The minimum atomic E-state index is -0.633. The molecule has 0 spiro atoms. The van der Waals surface area contributed by atoms with E-state index in [1.807, 2.05) is 48.5 Å². The quantitative estimate of drug-likeness (QED) is 0.570. The molecule has 0 atom stereocenters. The number of carbonyl (C=O) groups excluding carboxylic acids is 2. The Bertz CT molecular complexity index is 979. The molecule has 6 nitrogen and oxygen atoms in total. The monoisotopic (exact) mass is 410 g/mol. The fourth-order valence-corrected chi connectivity index (χ4v) is 3.38. The van der Waals surface area contributed by atoms with Crippen LogP contribution in [-0.4, -0.2) is 30.6 Å². The molecule has 0 saturated heterocycles. The first-order valence-corrected chi connectivity index (χ1v) is 10.0. The summed E-state index contributed by atoms with van der Waals surface area (Å²) in [6, 6.07) is 15.0. The molecule has 1 heterocycles. The van der Waals surface area contributed by atoms with Crippen molar-refractivity contribution in [2.24, 2.45) is 0 Å². The Balaban J connectivity index is 1.53. The smallest absolute Gasteiger partial charge is 0.358 e. The summed E-state index contributed by atoms with van der Waals surface area (Å²) in [5.41, 5.74) is 2.89. The lowest BCUT2D eigenvalue weighted by molar-refractivity contribution is -0.119. The number of nitrogens with zero attached hydrogens (tertiary/aromatic N) is 1.